The van der Waals surface area contributed by atoms with Crippen LogP contribution < -0.4 is 0 Å². The molecule has 0 amide bonds. The van der Waals surface area contributed by atoms with Crippen LogP contribution in [0.4, 0.5) is 22.0 Å². The van der Waals surface area contributed by atoms with Crippen molar-refractivity contribution in [3.05, 3.63) is 0 Å². The molecule has 3 atom stereocenters. The molecule has 6 heteroatoms. The van der Waals surface area contributed by atoms with Gasteiger partial charge in [0.15, 0.2) is 0 Å². The fraction of sp³-hybridized carbons (Fsp3) is 1.00. The van der Waals surface area contributed by atoms with Crippen molar-refractivity contribution in [2.75, 3.05) is 0 Å². The summed E-state index contributed by atoms with van der Waals surface area (Å²) in [6.45, 7) is 1.18. The molecule has 2 fully saturated rings. The van der Waals surface area contributed by atoms with E-state index in [1.165, 1.54) is 6.92 Å². The zero-order chi connectivity index (χ0) is 13.1. The molecule has 0 bridgehead atoms. The molecular formula is C11H15F5O. The summed E-state index contributed by atoms with van der Waals surface area (Å²) < 4.78 is 66.2. The first-order chi connectivity index (χ1) is 7.56. The first kappa shape index (κ1) is 13.1. The van der Waals surface area contributed by atoms with Gasteiger partial charge in [0.25, 0.3) is 5.92 Å². The molecule has 0 aromatic rings. The summed E-state index contributed by atoms with van der Waals surface area (Å²) in [5.74, 6) is -4.86. The van der Waals surface area contributed by atoms with Crippen LogP contribution in [0.3, 0.4) is 0 Å². The SMILES string of the molecule is CC12CCCCC1CC(O)(C(F)(F)F)C2(F)F. The van der Waals surface area contributed by atoms with Gasteiger partial charge < -0.3 is 5.11 Å². The molecule has 2 rings (SSSR count). The Morgan fingerprint density at radius 2 is 1.76 bits per heavy atom. The second kappa shape index (κ2) is 3.33. The summed E-state index contributed by atoms with van der Waals surface area (Å²) in [5, 5.41) is 9.48. The van der Waals surface area contributed by atoms with Crippen LogP contribution in [0.25, 0.3) is 0 Å². The monoisotopic (exact) mass is 258 g/mol. The quantitative estimate of drug-likeness (QED) is 0.659. The molecule has 3 unspecified atom stereocenters. The smallest absolute Gasteiger partial charge is 0.376 e. The Hall–Kier alpha value is -0.390. The van der Waals surface area contributed by atoms with E-state index in [2.05, 4.69) is 0 Å². The van der Waals surface area contributed by atoms with Crippen molar-refractivity contribution < 1.29 is 27.1 Å². The molecule has 0 heterocycles. The topological polar surface area (TPSA) is 20.2 Å². The highest BCUT2D eigenvalue weighted by Gasteiger charge is 2.80. The summed E-state index contributed by atoms with van der Waals surface area (Å²) >= 11 is 0. The number of hydrogen-bond donors (Lipinski definition) is 1. The maximum absolute atomic E-state index is 14.0. The summed E-state index contributed by atoms with van der Waals surface area (Å²) in [4.78, 5) is 0. The van der Waals surface area contributed by atoms with E-state index in [9.17, 15) is 27.1 Å². The molecule has 1 N–H and O–H groups in total. The van der Waals surface area contributed by atoms with Gasteiger partial charge in [0, 0.05) is 5.41 Å². The van der Waals surface area contributed by atoms with Crippen LogP contribution >= 0.6 is 0 Å². The van der Waals surface area contributed by atoms with Crippen LogP contribution in [0.1, 0.15) is 39.0 Å². The van der Waals surface area contributed by atoms with Crippen molar-refractivity contribution in [2.24, 2.45) is 11.3 Å². The number of aliphatic hydroxyl groups is 1. The first-order valence-corrected chi connectivity index (χ1v) is 5.73. The van der Waals surface area contributed by atoms with Crippen molar-refractivity contribution in [3.8, 4) is 0 Å². The van der Waals surface area contributed by atoms with E-state index in [1.807, 2.05) is 0 Å². The summed E-state index contributed by atoms with van der Waals surface area (Å²) in [6, 6.07) is 0. The molecule has 2 aliphatic rings. The van der Waals surface area contributed by atoms with Gasteiger partial charge in [-0.3, -0.25) is 0 Å². The second-order valence-electron chi connectivity index (χ2n) is 5.50. The third-order valence-electron chi connectivity index (χ3n) is 4.65. The molecule has 2 saturated carbocycles. The lowest BCUT2D eigenvalue weighted by Crippen LogP contribution is -2.59. The van der Waals surface area contributed by atoms with Gasteiger partial charge in [-0.25, -0.2) is 8.78 Å². The molecule has 0 aromatic heterocycles. The largest absolute Gasteiger partial charge is 0.423 e. The van der Waals surface area contributed by atoms with E-state index in [0.29, 0.717) is 19.3 Å². The molecule has 0 spiro atoms. The van der Waals surface area contributed by atoms with Gasteiger partial charge in [0.1, 0.15) is 0 Å². The van der Waals surface area contributed by atoms with E-state index < -0.39 is 35.5 Å². The van der Waals surface area contributed by atoms with Gasteiger partial charge in [-0.1, -0.05) is 19.8 Å². The average molecular weight is 258 g/mol. The number of rotatable bonds is 0. The maximum atomic E-state index is 14.0. The molecule has 1 nitrogen and oxygen atoms in total. The summed E-state index contributed by atoms with van der Waals surface area (Å²) in [5.41, 5.74) is -5.58. The van der Waals surface area contributed by atoms with Crippen molar-refractivity contribution in [1.29, 1.82) is 0 Å². The molecule has 0 aromatic carbocycles. The van der Waals surface area contributed by atoms with Crippen molar-refractivity contribution in [3.63, 3.8) is 0 Å². The fourth-order valence-electron chi connectivity index (χ4n) is 3.40. The second-order valence-corrected chi connectivity index (χ2v) is 5.50. The van der Waals surface area contributed by atoms with E-state index in [0.717, 1.165) is 0 Å². The maximum Gasteiger partial charge on any atom is 0.423 e. The van der Waals surface area contributed by atoms with E-state index in [1.54, 1.807) is 0 Å². The Labute approximate surface area is 96.0 Å². The van der Waals surface area contributed by atoms with Crippen molar-refractivity contribution >= 4 is 0 Å². The Balaban J connectivity index is 2.47. The minimum Gasteiger partial charge on any atom is -0.376 e. The Morgan fingerprint density at radius 3 is 2.24 bits per heavy atom. The van der Waals surface area contributed by atoms with Gasteiger partial charge in [-0.15, -0.1) is 0 Å². The van der Waals surface area contributed by atoms with Gasteiger partial charge in [-0.05, 0) is 25.2 Å². The summed E-state index contributed by atoms with van der Waals surface area (Å²) in [7, 11) is 0. The third-order valence-corrected chi connectivity index (χ3v) is 4.65. The number of halogens is 5. The van der Waals surface area contributed by atoms with Crippen LogP contribution in [0.5, 0.6) is 0 Å². The molecule has 2 aliphatic carbocycles. The lowest BCUT2D eigenvalue weighted by molar-refractivity contribution is -0.336. The van der Waals surface area contributed by atoms with Crippen LogP contribution in [-0.4, -0.2) is 22.8 Å². The number of alkyl halides is 5. The molecule has 17 heavy (non-hydrogen) atoms. The number of fused-ring (bicyclic) bond motifs is 1. The van der Waals surface area contributed by atoms with E-state index in [4.69, 9.17) is 0 Å². The third kappa shape index (κ3) is 1.39. The molecule has 0 aliphatic heterocycles. The Bertz CT molecular complexity index is 326. The predicted molar refractivity (Wildman–Crippen MR) is 50.6 cm³/mol. The van der Waals surface area contributed by atoms with Gasteiger partial charge in [0.2, 0.25) is 5.60 Å². The molecule has 100 valence electrons. The normalized spacial score (nSPS) is 45.7. The molecule has 0 radical (unpaired) electrons. The minimum atomic E-state index is -5.28. The predicted octanol–water partition coefficient (Wildman–Crippen LogP) is 3.52. The fourth-order valence-corrected chi connectivity index (χ4v) is 3.40. The highest BCUT2D eigenvalue weighted by Crippen LogP contribution is 2.67. The zero-order valence-electron chi connectivity index (χ0n) is 9.45. The van der Waals surface area contributed by atoms with Crippen LogP contribution in [-0.2, 0) is 0 Å². The van der Waals surface area contributed by atoms with Crippen LogP contribution in [0.15, 0.2) is 0 Å². The Kier molecular flexibility index (Phi) is 2.56. The lowest BCUT2D eigenvalue weighted by Gasteiger charge is -2.42. The van der Waals surface area contributed by atoms with Gasteiger partial charge in [0.05, 0.1) is 0 Å². The standard InChI is InChI=1S/C11H15F5O/c1-8-5-3-2-4-7(8)6-9(17,10(8,12)13)11(14,15)16/h7,17H,2-6H2,1H3. The molecular weight excluding hydrogens is 243 g/mol. The minimum absolute atomic E-state index is 0.0447. The lowest BCUT2D eigenvalue weighted by atomic mass is 9.68. The van der Waals surface area contributed by atoms with Crippen LogP contribution in [0, 0.1) is 11.3 Å². The first-order valence-electron chi connectivity index (χ1n) is 5.73. The molecule has 0 saturated heterocycles. The Morgan fingerprint density at radius 1 is 1.18 bits per heavy atom. The zero-order valence-corrected chi connectivity index (χ0v) is 9.45. The summed E-state index contributed by atoms with van der Waals surface area (Å²) in [6.07, 6.45) is -4.62. The highest BCUT2D eigenvalue weighted by atomic mass is 19.4. The highest BCUT2D eigenvalue weighted by molar-refractivity contribution is 5.17. The average Bonchev–Trinajstić information content (AvgIpc) is 2.34. The van der Waals surface area contributed by atoms with Gasteiger partial charge in [-0.2, -0.15) is 13.2 Å². The van der Waals surface area contributed by atoms with Crippen LogP contribution in [0.2, 0.25) is 0 Å². The van der Waals surface area contributed by atoms with Crippen molar-refractivity contribution in [1.82, 2.24) is 0 Å². The van der Waals surface area contributed by atoms with Crippen molar-refractivity contribution in [2.45, 2.75) is 56.7 Å². The van der Waals surface area contributed by atoms with E-state index >= 15 is 0 Å². The van der Waals surface area contributed by atoms with Gasteiger partial charge >= 0.3 is 6.18 Å². The number of hydrogen-bond acceptors (Lipinski definition) is 1. The van der Waals surface area contributed by atoms with E-state index in [-0.39, 0.29) is 6.42 Å².